The number of non-ortho nitro benzene ring substituents is 1. The number of rotatable bonds is 8. The number of carboxylic acid groups (broad SMARTS) is 1. The van der Waals surface area contributed by atoms with Gasteiger partial charge < -0.3 is 29.7 Å². The zero-order chi connectivity index (χ0) is 30.0. The van der Waals surface area contributed by atoms with E-state index < -0.39 is 47.2 Å². The van der Waals surface area contributed by atoms with E-state index in [1.54, 1.807) is 30.3 Å². The van der Waals surface area contributed by atoms with Crippen molar-refractivity contribution >= 4 is 29.4 Å². The summed E-state index contributed by atoms with van der Waals surface area (Å²) in [5, 5.41) is 23.5. The molecule has 2 aliphatic rings. The van der Waals surface area contributed by atoms with Gasteiger partial charge in [0.15, 0.2) is 17.7 Å². The van der Waals surface area contributed by atoms with E-state index in [-0.39, 0.29) is 36.7 Å². The molecule has 0 saturated carbocycles. The second-order valence-electron chi connectivity index (χ2n) is 9.82. The minimum atomic E-state index is -1.44. The first kappa shape index (κ1) is 28.1. The maximum absolute atomic E-state index is 13.9. The lowest BCUT2D eigenvalue weighted by Crippen LogP contribution is -2.54. The van der Waals surface area contributed by atoms with Crippen LogP contribution in [0, 0.1) is 17.0 Å². The first-order valence-corrected chi connectivity index (χ1v) is 13.0. The molecule has 216 valence electrons. The molecule has 5 rings (SSSR count). The number of aryl methyl sites for hydroxylation is 1. The first-order chi connectivity index (χ1) is 20.1. The van der Waals surface area contributed by atoms with E-state index in [1.807, 2.05) is 6.92 Å². The quantitative estimate of drug-likeness (QED) is 0.303. The highest BCUT2D eigenvalue weighted by Crippen LogP contribution is 2.33. The second kappa shape index (κ2) is 11.6. The normalized spacial score (nSPS) is 16.2. The average Bonchev–Trinajstić information content (AvgIpc) is 3.63. The molecule has 0 aromatic heterocycles. The van der Waals surface area contributed by atoms with Crippen LogP contribution in [0.5, 0.6) is 11.5 Å². The van der Waals surface area contributed by atoms with Crippen LogP contribution in [0.15, 0.2) is 66.7 Å². The second-order valence-corrected chi connectivity index (χ2v) is 9.82. The molecule has 2 N–H and O–H groups in total. The van der Waals surface area contributed by atoms with Crippen LogP contribution in [0.4, 0.5) is 5.69 Å². The van der Waals surface area contributed by atoms with Gasteiger partial charge in [0.1, 0.15) is 0 Å². The van der Waals surface area contributed by atoms with Gasteiger partial charge in [0.2, 0.25) is 6.79 Å². The number of nitrogens with zero attached hydrogens (tertiary/aromatic N) is 3. The third-order valence-electron chi connectivity index (χ3n) is 7.03. The van der Waals surface area contributed by atoms with Crippen molar-refractivity contribution in [3.63, 3.8) is 0 Å². The van der Waals surface area contributed by atoms with Crippen LogP contribution in [-0.4, -0.2) is 69.6 Å². The van der Waals surface area contributed by atoms with Crippen LogP contribution in [-0.2, 0) is 9.59 Å². The fraction of sp³-hybridized carbons (Fsp3) is 0.241. The Morgan fingerprint density at radius 2 is 1.60 bits per heavy atom. The Morgan fingerprint density at radius 3 is 2.26 bits per heavy atom. The number of ether oxygens (including phenoxy) is 2. The molecule has 3 aromatic rings. The summed E-state index contributed by atoms with van der Waals surface area (Å²) in [6, 6.07) is 15.4. The Kier molecular flexibility index (Phi) is 7.74. The summed E-state index contributed by atoms with van der Waals surface area (Å²) < 4.78 is 10.7. The Bertz CT molecular complexity index is 1570. The number of fused-ring (bicyclic) bond motifs is 1. The molecule has 13 nitrogen and oxygen atoms in total. The van der Waals surface area contributed by atoms with Crippen molar-refractivity contribution in [1.82, 2.24) is 15.1 Å². The summed E-state index contributed by atoms with van der Waals surface area (Å²) in [6.07, 6.45) is -2.03. The molecular weight excluding hydrogens is 548 g/mol. The fourth-order valence-electron chi connectivity index (χ4n) is 4.92. The van der Waals surface area contributed by atoms with Crippen LogP contribution in [0.1, 0.15) is 44.3 Å². The van der Waals surface area contributed by atoms with Crippen molar-refractivity contribution in [2.75, 3.05) is 19.9 Å². The van der Waals surface area contributed by atoms with Gasteiger partial charge in [0, 0.05) is 36.3 Å². The molecule has 2 unspecified atom stereocenters. The van der Waals surface area contributed by atoms with Crippen molar-refractivity contribution in [3.05, 3.63) is 99.1 Å². The minimum Gasteiger partial charge on any atom is -0.481 e. The Labute approximate surface area is 239 Å². The average molecular weight is 575 g/mol. The molecule has 0 spiro atoms. The maximum Gasteiger partial charge on any atom is 0.305 e. The molecule has 3 aromatic carbocycles. The van der Waals surface area contributed by atoms with Gasteiger partial charge in [-0.25, -0.2) is 0 Å². The smallest absolute Gasteiger partial charge is 0.305 e. The monoisotopic (exact) mass is 574 g/mol. The molecule has 1 saturated heterocycles. The highest BCUT2D eigenvalue weighted by atomic mass is 16.7. The van der Waals surface area contributed by atoms with Gasteiger partial charge in [-0.2, -0.15) is 0 Å². The number of carbonyl (C=O) groups is 4. The van der Waals surface area contributed by atoms with Crippen molar-refractivity contribution < 1.29 is 38.7 Å². The number of amides is 3. The molecule has 13 heteroatoms. The van der Waals surface area contributed by atoms with E-state index in [1.165, 1.54) is 46.2 Å². The zero-order valence-corrected chi connectivity index (χ0v) is 22.4. The predicted octanol–water partition coefficient (Wildman–Crippen LogP) is 2.89. The third-order valence-corrected chi connectivity index (χ3v) is 7.03. The number of carbonyl (C=O) groups excluding carboxylic acids is 3. The number of hydrogen-bond acceptors (Lipinski definition) is 8. The van der Waals surface area contributed by atoms with Gasteiger partial charge in [-0.3, -0.25) is 29.3 Å². The van der Waals surface area contributed by atoms with Gasteiger partial charge >= 0.3 is 5.97 Å². The van der Waals surface area contributed by atoms with Gasteiger partial charge in [-0.05, 0) is 42.8 Å². The summed E-state index contributed by atoms with van der Waals surface area (Å²) in [7, 11) is 0. The number of carboxylic acids is 1. The van der Waals surface area contributed by atoms with Crippen molar-refractivity contribution in [2.45, 2.75) is 25.6 Å². The van der Waals surface area contributed by atoms with Crippen LogP contribution < -0.4 is 14.8 Å². The first-order valence-electron chi connectivity index (χ1n) is 13.0. The van der Waals surface area contributed by atoms with E-state index in [0.717, 1.165) is 5.56 Å². The van der Waals surface area contributed by atoms with Crippen molar-refractivity contribution in [3.8, 4) is 11.5 Å². The number of nitrogens with one attached hydrogen (secondary N) is 1. The van der Waals surface area contributed by atoms with Crippen LogP contribution in [0.25, 0.3) is 0 Å². The molecule has 3 amide bonds. The zero-order valence-electron chi connectivity index (χ0n) is 22.4. The third kappa shape index (κ3) is 5.70. The van der Waals surface area contributed by atoms with Gasteiger partial charge in [-0.15, -0.1) is 0 Å². The number of nitro groups is 1. The number of benzene rings is 3. The van der Waals surface area contributed by atoms with E-state index in [2.05, 4.69) is 5.32 Å². The minimum absolute atomic E-state index is 0.00314. The summed E-state index contributed by atoms with van der Waals surface area (Å²) in [5.41, 5.74) is 1.33. The topological polar surface area (TPSA) is 169 Å². The summed E-state index contributed by atoms with van der Waals surface area (Å²) in [4.78, 5) is 66.1. The Balaban J connectivity index is 1.49. The van der Waals surface area contributed by atoms with Gasteiger partial charge in [-0.1, -0.05) is 29.8 Å². The molecular formula is C29H26N4O9. The summed E-state index contributed by atoms with van der Waals surface area (Å²) >= 11 is 0. The Morgan fingerprint density at radius 1 is 0.952 bits per heavy atom. The molecule has 1 fully saturated rings. The van der Waals surface area contributed by atoms with E-state index >= 15 is 0 Å². The standard InChI is InChI=1S/C29H26N4O9/c1-17-5-7-18(8-6-17)28(37)31-11-12-32(29(38)20-9-10-23-24(14-20)42-16-41-23)27(31)26(36)30-22(15-25(34)35)19-3-2-4-21(13-19)33(39)40/h2-10,13-14,22,27H,11-12,15-16H2,1H3,(H,30,36)(H,34,35). The van der Waals surface area contributed by atoms with Crippen molar-refractivity contribution in [2.24, 2.45) is 0 Å². The Hall–Kier alpha value is -5.46. The molecule has 0 aliphatic carbocycles. The van der Waals surface area contributed by atoms with Crippen molar-refractivity contribution in [1.29, 1.82) is 0 Å². The SMILES string of the molecule is Cc1ccc(C(=O)N2CCN(C(=O)c3ccc4c(c3)OCO4)C2C(=O)NC(CC(=O)O)c2cccc([N+](=O)[O-])c2)cc1. The van der Waals surface area contributed by atoms with Gasteiger partial charge in [0.05, 0.1) is 17.4 Å². The molecule has 0 radical (unpaired) electrons. The highest BCUT2D eigenvalue weighted by Gasteiger charge is 2.44. The highest BCUT2D eigenvalue weighted by molar-refractivity contribution is 6.02. The summed E-state index contributed by atoms with van der Waals surface area (Å²) in [5.74, 6) is -2.31. The molecule has 2 atom stereocenters. The fourth-order valence-corrected chi connectivity index (χ4v) is 4.92. The predicted molar refractivity (Wildman–Crippen MR) is 146 cm³/mol. The van der Waals surface area contributed by atoms with Gasteiger partial charge in [0.25, 0.3) is 23.4 Å². The van der Waals surface area contributed by atoms with E-state index in [0.29, 0.717) is 17.1 Å². The van der Waals surface area contributed by atoms with Crippen LogP contribution >= 0.6 is 0 Å². The lowest BCUT2D eigenvalue weighted by Gasteiger charge is -2.31. The van der Waals surface area contributed by atoms with E-state index in [4.69, 9.17) is 9.47 Å². The number of nitro benzene ring substituents is 1. The van der Waals surface area contributed by atoms with Crippen LogP contribution in [0.3, 0.4) is 0 Å². The van der Waals surface area contributed by atoms with Crippen LogP contribution in [0.2, 0.25) is 0 Å². The largest absolute Gasteiger partial charge is 0.481 e. The lowest BCUT2D eigenvalue weighted by atomic mass is 10.0. The number of hydrogen-bond donors (Lipinski definition) is 2. The molecule has 42 heavy (non-hydrogen) atoms. The lowest BCUT2D eigenvalue weighted by molar-refractivity contribution is -0.384. The molecule has 2 heterocycles. The maximum atomic E-state index is 13.9. The summed E-state index contributed by atoms with van der Waals surface area (Å²) in [6.45, 7) is 1.91. The molecule has 2 aliphatic heterocycles. The number of aliphatic carboxylic acids is 1. The van der Waals surface area contributed by atoms with E-state index in [9.17, 15) is 34.4 Å². The molecule has 0 bridgehead atoms.